The van der Waals surface area contributed by atoms with Crippen molar-refractivity contribution in [2.45, 2.75) is 25.6 Å². The van der Waals surface area contributed by atoms with Crippen LogP contribution >= 0.6 is 0 Å². The number of nitrogens with zero attached hydrogens (tertiary/aromatic N) is 4. The Labute approximate surface area is 185 Å². The highest BCUT2D eigenvalue weighted by atomic mass is 19.4. The number of carbonyl (C=O) groups is 1. The van der Waals surface area contributed by atoms with Gasteiger partial charge in [0.05, 0.1) is 17.4 Å². The fraction of sp³-hybridized carbons (Fsp3) is 0.333. The van der Waals surface area contributed by atoms with Crippen molar-refractivity contribution < 1.29 is 18.0 Å². The average Bonchev–Trinajstić information content (AvgIpc) is 3.27. The SMILES string of the molecule is O=C(CCc1cnn(-c2ccccc2)c1)N1CCN(Cc2ccc(C(F)(F)F)cc2)CC1. The van der Waals surface area contributed by atoms with Gasteiger partial charge in [-0.2, -0.15) is 18.3 Å². The Morgan fingerprint density at radius 3 is 2.25 bits per heavy atom. The van der Waals surface area contributed by atoms with Crippen LogP contribution in [0.25, 0.3) is 5.69 Å². The van der Waals surface area contributed by atoms with Crippen molar-refractivity contribution in [2.75, 3.05) is 26.2 Å². The molecule has 5 nitrogen and oxygen atoms in total. The number of carbonyl (C=O) groups excluding carboxylic acids is 1. The second-order valence-corrected chi connectivity index (χ2v) is 7.98. The molecule has 8 heteroatoms. The lowest BCUT2D eigenvalue weighted by Crippen LogP contribution is -2.48. The third-order valence-electron chi connectivity index (χ3n) is 5.70. The first-order valence-corrected chi connectivity index (χ1v) is 10.6. The van der Waals surface area contributed by atoms with Crippen molar-refractivity contribution in [1.29, 1.82) is 0 Å². The molecule has 0 bridgehead atoms. The molecule has 1 fully saturated rings. The summed E-state index contributed by atoms with van der Waals surface area (Å²) in [5.74, 6) is 0.117. The fourth-order valence-electron chi connectivity index (χ4n) is 3.83. The molecule has 2 aromatic carbocycles. The van der Waals surface area contributed by atoms with Gasteiger partial charge in [0.1, 0.15) is 0 Å². The molecule has 0 aliphatic carbocycles. The van der Waals surface area contributed by atoms with Crippen molar-refractivity contribution in [3.05, 3.63) is 83.7 Å². The van der Waals surface area contributed by atoms with E-state index in [0.717, 1.165) is 28.9 Å². The number of para-hydroxylation sites is 1. The number of amides is 1. The molecule has 1 aliphatic heterocycles. The van der Waals surface area contributed by atoms with Gasteiger partial charge in [-0.25, -0.2) is 4.68 Å². The highest BCUT2D eigenvalue weighted by molar-refractivity contribution is 5.76. The number of aromatic nitrogens is 2. The Morgan fingerprint density at radius 2 is 1.59 bits per heavy atom. The minimum absolute atomic E-state index is 0.117. The number of benzene rings is 2. The Morgan fingerprint density at radius 1 is 0.906 bits per heavy atom. The standard InChI is InChI=1S/C24H25F3N4O/c25-24(26,27)21-9-6-19(7-10-21)17-29-12-14-30(15-13-29)23(32)11-8-20-16-28-31(18-20)22-4-2-1-3-5-22/h1-7,9-10,16,18H,8,11-15,17H2. The summed E-state index contributed by atoms with van der Waals surface area (Å²) in [6.07, 6.45) is 0.495. The number of rotatable bonds is 6. The summed E-state index contributed by atoms with van der Waals surface area (Å²) in [7, 11) is 0. The number of halogens is 3. The molecule has 32 heavy (non-hydrogen) atoms. The van der Waals surface area contributed by atoms with E-state index in [-0.39, 0.29) is 5.91 Å². The van der Waals surface area contributed by atoms with Crippen LogP contribution in [0.2, 0.25) is 0 Å². The predicted molar refractivity (Wildman–Crippen MR) is 115 cm³/mol. The topological polar surface area (TPSA) is 41.4 Å². The molecular weight excluding hydrogens is 417 g/mol. The molecular formula is C24H25F3N4O. The molecule has 168 valence electrons. The maximum absolute atomic E-state index is 12.7. The quantitative estimate of drug-likeness (QED) is 0.576. The lowest BCUT2D eigenvalue weighted by molar-refractivity contribution is -0.137. The van der Waals surface area contributed by atoms with Crippen LogP contribution in [0.15, 0.2) is 67.0 Å². The molecule has 3 aromatic rings. The van der Waals surface area contributed by atoms with Gasteiger partial charge in [-0.1, -0.05) is 30.3 Å². The lowest BCUT2D eigenvalue weighted by atomic mass is 10.1. The van der Waals surface area contributed by atoms with Gasteiger partial charge in [0, 0.05) is 45.3 Å². The molecule has 0 saturated carbocycles. The molecule has 4 rings (SSSR count). The van der Waals surface area contributed by atoms with Gasteiger partial charge in [-0.3, -0.25) is 9.69 Å². The van der Waals surface area contributed by atoms with Crippen LogP contribution < -0.4 is 0 Å². The molecule has 0 unspecified atom stereocenters. The van der Waals surface area contributed by atoms with Crippen LogP contribution in [0, 0.1) is 0 Å². The maximum Gasteiger partial charge on any atom is 0.416 e. The van der Waals surface area contributed by atoms with E-state index < -0.39 is 11.7 Å². The summed E-state index contributed by atoms with van der Waals surface area (Å²) in [5.41, 5.74) is 2.21. The summed E-state index contributed by atoms with van der Waals surface area (Å²) in [5, 5.41) is 4.37. The monoisotopic (exact) mass is 442 g/mol. The van der Waals surface area contributed by atoms with Gasteiger partial charge >= 0.3 is 6.18 Å². The van der Waals surface area contributed by atoms with Crippen LogP contribution in [0.4, 0.5) is 13.2 Å². The lowest BCUT2D eigenvalue weighted by Gasteiger charge is -2.34. The first-order chi connectivity index (χ1) is 15.4. The van der Waals surface area contributed by atoms with Crippen molar-refractivity contribution in [1.82, 2.24) is 19.6 Å². The van der Waals surface area contributed by atoms with Gasteiger partial charge in [0.2, 0.25) is 5.91 Å². The maximum atomic E-state index is 12.7. The number of piperazine rings is 1. The molecule has 1 saturated heterocycles. The van der Waals surface area contributed by atoms with E-state index in [1.54, 1.807) is 10.9 Å². The van der Waals surface area contributed by atoms with Crippen molar-refractivity contribution in [3.63, 3.8) is 0 Å². The normalized spacial score (nSPS) is 15.2. The van der Waals surface area contributed by atoms with Gasteiger partial charge in [-0.05, 0) is 41.8 Å². The van der Waals surface area contributed by atoms with E-state index in [4.69, 9.17) is 0 Å². The van der Waals surface area contributed by atoms with E-state index in [0.29, 0.717) is 45.6 Å². The second-order valence-electron chi connectivity index (χ2n) is 7.98. The smallest absolute Gasteiger partial charge is 0.340 e. The van der Waals surface area contributed by atoms with Crippen LogP contribution in [-0.4, -0.2) is 51.7 Å². The Balaban J connectivity index is 1.22. The average molecular weight is 442 g/mol. The summed E-state index contributed by atoms with van der Waals surface area (Å²) in [6.45, 7) is 3.25. The Bertz CT molecular complexity index is 1020. The molecule has 0 spiro atoms. The van der Waals surface area contributed by atoms with Gasteiger partial charge in [-0.15, -0.1) is 0 Å². The van der Waals surface area contributed by atoms with Crippen LogP contribution in [0.5, 0.6) is 0 Å². The largest absolute Gasteiger partial charge is 0.416 e. The molecule has 1 amide bonds. The van der Waals surface area contributed by atoms with Crippen LogP contribution in [0.3, 0.4) is 0 Å². The van der Waals surface area contributed by atoms with E-state index in [1.165, 1.54) is 12.1 Å². The third kappa shape index (κ3) is 5.56. The summed E-state index contributed by atoms with van der Waals surface area (Å²) in [6, 6.07) is 15.1. The zero-order valence-corrected chi connectivity index (χ0v) is 17.6. The van der Waals surface area contributed by atoms with Crippen molar-refractivity contribution >= 4 is 5.91 Å². The zero-order chi connectivity index (χ0) is 22.6. The molecule has 2 heterocycles. The highest BCUT2D eigenvalue weighted by Gasteiger charge is 2.30. The molecule has 0 N–H and O–H groups in total. The zero-order valence-electron chi connectivity index (χ0n) is 17.6. The minimum atomic E-state index is -4.31. The number of aryl methyl sites for hydroxylation is 1. The third-order valence-corrected chi connectivity index (χ3v) is 5.70. The van der Waals surface area contributed by atoms with Gasteiger partial charge in [0.25, 0.3) is 0 Å². The second kappa shape index (κ2) is 9.56. The van der Waals surface area contributed by atoms with Gasteiger partial charge < -0.3 is 4.90 Å². The molecule has 0 atom stereocenters. The molecule has 1 aromatic heterocycles. The van der Waals surface area contributed by atoms with Crippen molar-refractivity contribution in [3.8, 4) is 5.69 Å². The summed E-state index contributed by atoms with van der Waals surface area (Å²) in [4.78, 5) is 16.6. The van der Waals surface area contributed by atoms with Crippen LogP contribution in [0.1, 0.15) is 23.1 Å². The Hall–Kier alpha value is -3.13. The number of hydrogen-bond donors (Lipinski definition) is 0. The fourth-order valence-corrected chi connectivity index (χ4v) is 3.83. The predicted octanol–water partition coefficient (Wildman–Crippen LogP) is 4.17. The van der Waals surface area contributed by atoms with E-state index in [1.807, 2.05) is 41.4 Å². The Kier molecular flexibility index (Phi) is 6.60. The summed E-state index contributed by atoms with van der Waals surface area (Å²) >= 11 is 0. The van der Waals surface area contributed by atoms with Crippen LogP contribution in [-0.2, 0) is 23.9 Å². The summed E-state index contributed by atoms with van der Waals surface area (Å²) < 4.78 is 39.9. The molecule has 0 radical (unpaired) electrons. The first-order valence-electron chi connectivity index (χ1n) is 10.6. The van der Waals surface area contributed by atoms with E-state index >= 15 is 0 Å². The number of hydrogen-bond acceptors (Lipinski definition) is 3. The van der Waals surface area contributed by atoms with Gasteiger partial charge in [0.15, 0.2) is 0 Å². The minimum Gasteiger partial charge on any atom is -0.340 e. The van der Waals surface area contributed by atoms with E-state index in [9.17, 15) is 18.0 Å². The molecule has 1 aliphatic rings. The number of alkyl halides is 3. The highest BCUT2D eigenvalue weighted by Crippen LogP contribution is 2.29. The van der Waals surface area contributed by atoms with Crippen molar-refractivity contribution in [2.24, 2.45) is 0 Å². The first kappa shape index (κ1) is 22.1. The van der Waals surface area contributed by atoms with E-state index in [2.05, 4.69) is 10.00 Å².